The molecule has 3 heterocycles. The van der Waals surface area contributed by atoms with E-state index in [1.807, 2.05) is 24.3 Å². The van der Waals surface area contributed by atoms with Crippen LogP contribution in [0.1, 0.15) is 11.1 Å². The molecule has 3 aromatic rings. The van der Waals surface area contributed by atoms with Gasteiger partial charge in [0.25, 0.3) is 0 Å². The second kappa shape index (κ2) is 6.08. The number of hydrogen-bond acceptors (Lipinski definition) is 5. The summed E-state index contributed by atoms with van der Waals surface area (Å²) >= 11 is 0. The van der Waals surface area contributed by atoms with Crippen molar-refractivity contribution in [3.8, 4) is 5.75 Å². The maximum absolute atomic E-state index is 7.15. The molecule has 0 aromatic heterocycles. The van der Waals surface area contributed by atoms with Crippen molar-refractivity contribution < 1.29 is 9.05 Å². The third-order valence-corrected chi connectivity index (χ3v) is 11.2. The number of fused-ring (bicyclic) bond motifs is 2. The van der Waals surface area contributed by atoms with E-state index in [-0.39, 0.29) is 0 Å². The Labute approximate surface area is 177 Å². The average Bonchev–Trinajstić information content (AvgIpc) is 3.36. The van der Waals surface area contributed by atoms with Crippen molar-refractivity contribution in [2.24, 2.45) is 0 Å². The minimum absolute atomic E-state index is 0.870. The molecule has 0 aliphatic carbocycles. The number of hydrogen-bond donors (Lipinski definition) is 0. The molecule has 0 amide bonds. The van der Waals surface area contributed by atoms with Crippen molar-refractivity contribution >= 4 is 24.7 Å². The molecule has 152 valence electrons. The summed E-state index contributed by atoms with van der Waals surface area (Å²) in [5, 5.41) is 0. The summed E-state index contributed by atoms with van der Waals surface area (Å²) in [6.07, 6.45) is 0. The molecular formula is C24H24N3O2P. The van der Waals surface area contributed by atoms with Crippen molar-refractivity contribution in [1.82, 2.24) is 9.34 Å². The molecule has 3 aliphatic heterocycles. The predicted molar refractivity (Wildman–Crippen MR) is 123 cm³/mol. The van der Waals surface area contributed by atoms with Crippen LogP contribution in [0.5, 0.6) is 5.75 Å². The Morgan fingerprint density at radius 3 is 1.90 bits per heavy atom. The molecule has 6 rings (SSSR count). The van der Waals surface area contributed by atoms with Crippen molar-refractivity contribution in [2.75, 3.05) is 31.9 Å². The molecule has 1 fully saturated rings. The average molecular weight is 417 g/mol. The van der Waals surface area contributed by atoms with Crippen LogP contribution in [0.25, 0.3) is 11.5 Å². The monoisotopic (exact) mass is 417 g/mol. The molecule has 0 atom stereocenters. The third kappa shape index (κ3) is 2.02. The van der Waals surface area contributed by atoms with Gasteiger partial charge in [-0.25, -0.2) is 0 Å². The quantitative estimate of drug-likeness (QED) is 0.517. The maximum atomic E-state index is 7.15. The molecule has 0 bridgehead atoms. The molecule has 6 heteroatoms. The number of benzene rings is 3. The number of para-hydroxylation sites is 2. The van der Waals surface area contributed by atoms with Gasteiger partial charge in [-0.05, 0) is 0 Å². The van der Waals surface area contributed by atoms with Gasteiger partial charge in [0.05, 0.1) is 0 Å². The summed E-state index contributed by atoms with van der Waals surface area (Å²) in [6.45, 7) is 1.76. The summed E-state index contributed by atoms with van der Waals surface area (Å²) in [4.78, 5) is 0. The molecule has 30 heavy (non-hydrogen) atoms. The normalized spacial score (nSPS) is 22.9. The van der Waals surface area contributed by atoms with Crippen molar-refractivity contribution in [3.05, 3.63) is 96.1 Å². The Morgan fingerprint density at radius 2 is 1.23 bits per heavy atom. The van der Waals surface area contributed by atoms with Gasteiger partial charge in [-0.15, -0.1) is 0 Å². The van der Waals surface area contributed by atoms with Gasteiger partial charge in [-0.1, -0.05) is 0 Å². The topological polar surface area (TPSA) is 28.2 Å². The predicted octanol–water partition coefficient (Wildman–Crippen LogP) is 5.45. The summed E-state index contributed by atoms with van der Waals surface area (Å²) in [7, 11) is 0.669. The Morgan fingerprint density at radius 1 is 0.667 bits per heavy atom. The molecule has 0 N–H and O–H groups in total. The van der Waals surface area contributed by atoms with Gasteiger partial charge in [-0.2, -0.15) is 0 Å². The Hall–Kier alpha value is -2.85. The molecule has 0 unspecified atom stereocenters. The summed E-state index contributed by atoms with van der Waals surface area (Å²) in [6, 6.07) is 29.1. The summed E-state index contributed by atoms with van der Waals surface area (Å²) in [5.41, 5.74) is 4.29. The van der Waals surface area contributed by atoms with E-state index in [0.717, 1.165) is 47.1 Å². The number of nitrogens with zero attached hydrogens (tertiary/aromatic N) is 3. The fourth-order valence-electron chi connectivity index (χ4n) is 4.86. The second-order valence-electron chi connectivity index (χ2n) is 7.97. The van der Waals surface area contributed by atoms with Crippen LogP contribution in [0.4, 0.5) is 5.69 Å². The first-order chi connectivity index (χ1) is 14.6. The Kier molecular flexibility index (Phi) is 3.64. The number of rotatable bonds is 2. The van der Waals surface area contributed by atoms with E-state index in [1.165, 1.54) is 0 Å². The standard InChI is InChI=1S/C24H24N3O2P/c1-25-17-18-26(2)30(25)27(21-15-9-10-16-22(21)28-30)23(19-11-5-3-6-12-19)24(29-30)20-13-7-4-8-14-20/h3-16H,17-18H2,1-2H3. The molecule has 1 spiro atoms. The fraction of sp³-hybridized carbons (Fsp3) is 0.167. The van der Waals surface area contributed by atoms with Crippen LogP contribution < -0.4 is 9.19 Å². The fourth-order valence-corrected chi connectivity index (χ4v) is 9.71. The molecule has 1 saturated heterocycles. The first kappa shape index (κ1) is 18.0. The van der Waals surface area contributed by atoms with Crippen LogP contribution in [-0.2, 0) is 4.52 Å². The zero-order valence-electron chi connectivity index (χ0n) is 17.1. The van der Waals surface area contributed by atoms with Crippen molar-refractivity contribution in [3.63, 3.8) is 0 Å². The van der Waals surface area contributed by atoms with Gasteiger partial charge in [0.2, 0.25) is 0 Å². The van der Waals surface area contributed by atoms with Gasteiger partial charge >= 0.3 is 177 Å². The molecule has 0 radical (unpaired) electrons. The van der Waals surface area contributed by atoms with Crippen molar-refractivity contribution in [2.45, 2.75) is 0 Å². The number of anilines is 1. The molecule has 0 saturated carbocycles. The van der Waals surface area contributed by atoms with E-state index < -0.39 is 7.51 Å². The first-order valence-corrected chi connectivity index (χ1v) is 12.2. The minimum atomic E-state index is -3.57. The van der Waals surface area contributed by atoms with Gasteiger partial charge in [-0.3, -0.25) is 0 Å². The third-order valence-electron chi connectivity index (χ3n) is 6.37. The zero-order chi connectivity index (χ0) is 20.4. The SMILES string of the molecule is CN1CCN(C)P123OC(c1ccccc1)=C(c1ccccc1)N2c1ccccc1O3. The van der Waals surface area contributed by atoms with E-state index >= 15 is 0 Å². The first-order valence-electron chi connectivity index (χ1n) is 10.2. The molecule has 3 aromatic carbocycles. The molecule has 3 aliphatic rings. The van der Waals surface area contributed by atoms with Gasteiger partial charge < -0.3 is 0 Å². The van der Waals surface area contributed by atoms with Crippen LogP contribution in [0, 0.1) is 0 Å². The van der Waals surface area contributed by atoms with Gasteiger partial charge in [0.15, 0.2) is 0 Å². The zero-order valence-corrected chi connectivity index (χ0v) is 18.0. The Bertz CT molecular complexity index is 1160. The summed E-state index contributed by atoms with van der Waals surface area (Å²) in [5.74, 6) is 1.74. The van der Waals surface area contributed by atoms with Crippen LogP contribution in [0.3, 0.4) is 0 Å². The van der Waals surface area contributed by atoms with E-state index in [0.29, 0.717) is 0 Å². The van der Waals surface area contributed by atoms with E-state index in [1.54, 1.807) is 0 Å². The van der Waals surface area contributed by atoms with Crippen LogP contribution >= 0.6 is 7.51 Å². The second-order valence-corrected chi connectivity index (χ2v) is 11.8. The molecule has 5 nitrogen and oxygen atoms in total. The van der Waals surface area contributed by atoms with Crippen LogP contribution in [0.15, 0.2) is 84.9 Å². The van der Waals surface area contributed by atoms with E-state index in [2.05, 4.69) is 88.8 Å². The van der Waals surface area contributed by atoms with Gasteiger partial charge in [0.1, 0.15) is 0 Å². The molecular weight excluding hydrogens is 393 g/mol. The van der Waals surface area contributed by atoms with Crippen molar-refractivity contribution in [1.29, 1.82) is 0 Å². The number of likely N-dealkylation sites (N-methyl/N-ethyl adjacent to an activating group) is 2. The van der Waals surface area contributed by atoms with Crippen LogP contribution in [-0.4, -0.2) is 36.5 Å². The van der Waals surface area contributed by atoms with E-state index in [9.17, 15) is 0 Å². The van der Waals surface area contributed by atoms with E-state index in [4.69, 9.17) is 9.05 Å². The Balaban J connectivity index is 1.71. The van der Waals surface area contributed by atoms with Crippen LogP contribution in [0.2, 0.25) is 0 Å². The van der Waals surface area contributed by atoms with Gasteiger partial charge in [0, 0.05) is 0 Å². The summed E-state index contributed by atoms with van der Waals surface area (Å²) < 4.78 is 21.0.